The number of aryl methyl sites for hydroxylation is 1. The zero-order valence-electron chi connectivity index (χ0n) is 10.7. The average molecular weight is 319 g/mol. The largest absolute Gasteiger partial charge is 0.481 e. The zero-order valence-corrected chi connectivity index (χ0v) is 13.2. The minimum atomic E-state index is -0.819. The summed E-state index contributed by atoms with van der Waals surface area (Å²) in [6, 6.07) is 0. The standard InChI is InChI=1S/C11H17N3O2S3/c1-2-9-12-13-11(19-7-10(15)16)14(9)5-8-6-17-3-4-18-8/h8H,2-7H2,1H3,(H,15,16). The molecule has 0 aromatic carbocycles. The van der Waals surface area contributed by atoms with Crippen molar-refractivity contribution in [2.75, 3.05) is 23.0 Å². The number of aliphatic carboxylic acids is 1. The summed E-state index contributed by atoms with van der Waals surface area (Å²) in [6.07, 6.45) is 0.825. The molecule has 106 valence electrons. The van der Waals surface area contributed by atoms with Gasteiger partial charge in [-0.05, 0) is 0 Å². The third kappa shape index (κ3) is 4.32. The number of hydrogen-bond acceptors (Lipinski definition) is 6. The number of carboxylic acid groups (broad SMARTS) is 1. The van der Waals surface area contributed by atoms with Gasteiger partial charge >= 0.3 is 5.97 Å². The topological polar surface area (TPSA) is 68.0 Å². The second-order valence-corrected chi connectivity index (χ2v) is 7.61. The van der Waals surface area contributed by atoms with Crippen LogP contribution in [0.25, 0.3) is 0 Å². The molecule has 0 amide bonds. The SMILES string of the molecule is CCc1nnc(SCC(=O)O)n1CC1CSCCS1. The summed E-state index contributed by atoms with van der Waals surface area (Å²) >= 11 is 5.23. The van der Waals surface area contributed by atoms with Crippen LogP contribution in [-0.4, -0.2) is 54.1 Å². The summed E-state index contributed by atoms with van der Waals surface area (Å²) in [5.74, 6) is 3.73. The van der Waals surface area contributed by atoms with Crippen LogP contribution in [0.2, 0.25) is 0 Å². The third-order valence-electron chi connectivity index (χ3n) is 2.71. The minimum Gasteiger partial charge on any atom is -0.481 e. The van der Waals surface area contributed by atoms with Crippen molar-refractivity contribution in [1.29, 1.82) is 0 Å². The van der Waals surface area contributed by atoms with Crippen molar-refractivity contribution in [1.82, 2.24) is 14.8 Å². The number of nitrogens with zero attached hydrogens (tertiary/aromatic N) is 3. The van der Waals surface area contributed by atoms with E-state index in [1.165, 1.54) is 23.3 Å². The molecule has 1 aliphatic heterocycles. The first kappa shape index (κ1) is 15.1. The summed E-state index contributed by atoms with van der Waals surface area (Å²) in [5, 5.41) is 18.4. The quantitative estimate of drug-likeness (QED) is 0.803. The Hall–Kier alpha value is -0.340. The van der Waals surface area contributed by atoms with E-state index in [4.69, 9.17) is 5.11 Å². The second kappa shape index (κ2) is 7.44. The van der Waals surface area contributed by atoms with E-state index in [0.717, 1.165) is 29.7 Å². The van der Waals surface area contributed by atoms with Crippen LogP contribution < -0.4 is 0 Å². The fourth-order valence-corrected chi connectivity index (χ4v) is 5.18. The molecule has 2 rings (SSSR count). The Bertz CT molecular complexity index is 433. The van der Waals surface area contributed by atoms with Crippen LogP contribution in [0.5, 0.6) is 0 Å². The molecule has 1 aliphatic rings. The Balaban J connectivity index is 2.06. The zero-order chi connectivity index (χ0) is 13.7. The van der Waals surface area contributed by atoms with Gasteiger partial charge in [0.2, 0.25) is 0 Å². The van der Waals surface area contributed by atoms with Crippen LogP contribution in [0.1, 0.15) is 12.7 Å². The monoisotopic (exact) mass is 319 g/mol. The molecule has 5 nitrogen and oxygen atoms in total. The maximum absolute atomic E-state index is 10.7. The lowest BCUT2D eigenvalue weighted by Crippen LogP contribution is -2.22. The van der Waals surface area contributed by atoms with Gasteiger partial charge in [-0.3, -0.25) is 4.79 Å². The average Bonchev–Trinajstić information content (AvgIpc) is 2.80. The second-order valence-electron chi connectivity index (χ2n) is 4.11. The third-order valence-corrected chi connectivity index (χ3v) is 6.48. The number of thioether (sulfide) groups is 3. The molecule has 1 fully saturated rings. The van der Waals surface area contributed by atoms with Crippen molar-refractivity contribution in [2.24, 2.45) is 0 Å². The van der Waals surface area contributed by atoms with Crippen LogP contribution in [0.3, 0.4) is 0 Å². The van der Waals surface area contributed by atoms with Crippen LogP contribution in [-0.2, 0) is 17.8 Å². The molecule has 1 aromatic heterocycles. The van der Waals surface area contributed by atoms with Gasteiger partial charge in [-0.1, -0.05) is 18.7 Å². The van der Waals surface area contributed by atoms with Gasteiger partial charge in [0.1, 0.15) is 5.82 Å². The molecule has 0 aliphatic carbocycles. The first-order chi connectivity index (χ1) is 9.20. The molecule has 1 aromatic rings. The van der Waals surface area contributed by atoms with E-state index in [1.54, 1.807) is 0 Å². The van der Waals surface area contributed by atoms with Crippen molar-refractivity contribution < 1.29 is 9.90 Å². The van der Waals surface area contributed by atoms with E-state index in [2.05, 4.69) is 21.7 Å². The first-order valence-electron chi connectivity index (χ1n) is 6.16. The molecule has 0 spiro atoms. The van der Waals surface area contributed by atoms with Crippen molar-refractivity contribution in [3.63, 3.8) is 0 Å². The van der Waals surface area contributed by atoms with E-state index < -0.39 is 5.97 Å². The molecule has 1 saturated heterocycles. The van der Waals surface area contributed by atoms with Crippen molar-refractivity contribution in [2.45, 2.75) is 30.3 Å². The van der Waals surface area contributed by atoms with Gasteiger partial charge in [0.15, 0.2) is 5.16 Å². The molecule has 0 saturated carbocycles. The molecule has 1 N–H and O–H groups in total. The normalized spacial score (nSPS) is 19.5. The molecule has 1 unspecified atom stereocenters. The van der Waals surface area contributed by atoms with Gasteiger partial charge in [0.05, 0.1) is 5.75 Å². The van der Waals surface area contributed by atoms with Crippen molar-refractivity contribution >= 4 is 41.3 Å². The first-order valence-corrected chi connectivity index (χ1v) is 9.35. The van der Waals surface area contributed by atoms with Gasteiger partial charge in [-0.15, -0.1) is 10.2 Å². The van der Waals surface area contributed by atoms with E-state index in [1.807, 2.05) is 23.5 Å². The van der Waals surface area contributed by atoms with Crippen LogP contribution >= 0.6 is 35.3 Å². The van der Waals surface area contributed by atoms with Gasteiger partial charge in [-0.25, -0.2) is 0 Å². The molecular weight excluding hydrogens is 302 g/mol. The lowest BCUT2D eigenvalue weighted by molar-refractivity contribution is -0.133. The minimum absolute atomic E-state index is 0.0361. The lowest BCUT2D eigenvalue weighted by atomic mass is 10.4. The molecule has 19 heavy (non-hydrogen) atoms. The fourth-order valence-electron chi connectivity index (χ4n) is 1.84. The molecule has 8 heteroatoms. The predicted molar refractivity (Wildman–Crippen MR) is 81.3 cm³/mol. The Kier molecular flexibility index (Phi) is 5.90. The van der Waals surface area contributed by atoms with Gasteiger partial charge in [0, 0.05) is 35.5 Å². The highest BCUT2D eigenvalue weighted by Gasteiger charge is 2.19. The molecule has 2 heterocycles. The van der Waals surface area contributed by atoms with Crippen molar-refractivity contribution in [3.05, 3.63) is 5.82 Å². The summed E-state index contributed by atoms with van der Waals surface area (Å²) < 4.78 is 2.09. The summed E-state index contributed by atoms with van der Waals surface area (Å²) in [6.45, 7) is 2.94. The maximum Gasteiger partial charge on any atom is 0.313 e. The van der Waals surface area contributed by atoms with Crippen molar-refractivity contribution in [3.8, 4) is 0 Å². The molecule has 0 radical (unpaired) electrons. The van der Waals surface area contributed by atoms with Crippen LogP contribution in [0.4, 0.5) is 0 Å². The highest BCUT2D eigenvalue weighted by molar-refractivity contribution is 8.06. The lowest BCUT2D eigenvalue weighted by Gasteiger charge is -2.22. The summed E-state index contributed by atoms with van der Waals surface area (Å²) in [5.41, 5.74) is 0. The predicted octanol–water partition coefficient (Wildman–Crippen LogP) is 1.87. The smallest absolute Gasteiger partial charge is 0.313 e. The molecular formula is C11H17N3O2S3. The molecule has 1 atom stereocenters. The maximum atomic E-state index is 10.7. The summed E-state index contributed by atoms with van der Waals surface area (Å²) in [7, 11) is 0. The highest BCUT2D eigenvalue weighted by Crippen LogP contribution is 2.27. The molecule has 0 bridgehead atoms. The van der Waals surface area contributed by atoms with E-state index in [0.29, 0.717) is 5.25 Å². The Labute approximate surface area is 125 Å². The van der Waals surface area contributed by atoms with E-state index in [9.17, 15) is 4.79 Å². The summed E-state index contributed by atoms with van der Waals surface area (Å²) in [4.78, 5) is 10.7. The van der Waals surface area contributed by atoms with Gasteiger partial charge in [0.25, 0.3) is 0 Å². The Morgan fingerprint density at radius 2 is 2.37 bits per heavy atom. The van der Waals surface area contributed by atoms with Gasteiger partial charge in [-0.2, -0.15) is 23.5 Å². The number of hydrogen-bond donors (Lipinski definition) is 1. The Morgan fingerprint density at radius 1 is 1.53 bits per heavy atom. The van der Waals surface area contributed by atoms with Crippen LogP contribution in [0.15, 0.2) is 5.16 Å². The van der Waals surface area contributed by atoms with E-state index >= 15 is 0 Å². The fraction of sp³-hybridized carbons (Fsp3) is 0.727. The van der Waals surface area contributed by atoms with Crippen LogP contribution in [0, 0.1) is 0 Å². The number of aromatic nitrogens is 3. The number of rotatable bonds is 6. The Morgan fingerprint density at radius 3 is 3.00 bits per heavy atom. The highest BCUT2D eigenvalue weighted by atomic mass is 32.2. The van der Waals surface area contributed by atoms with Gasteiger partial charge < -0.3 is 9.67 Å². The van der Waals surface area contributed by atoms with E-state index in [-0.39, 0.29) is 5.75 Å². The number of carboxylic acids is 1. The number of carbonyl (C=O) groups is 1.